The van der Waals surface area contributed by atoms with Crippen LogP contribution in [0.25, 0.3) is 0 Å². The molecule has 0 aliphatic heterocycles. The smallest absolute Gasteiger partial charge is 0.405 e. The molecule has 21 heavy (non-hydrogen) atoms. The van der Waals surface area contributed by atoms with Gasteiger partial charge in [0.25, 0.3) is 5.91 Å². The molecule has 1 unspecified atom stereocenters. The van der Waals surface area contributed by atoms with Crippen LogP contribution in [0.15, 0.2) is 18.2 Å². The van der Waals surface area contributed by atoms with Gasteiger partial charge < -0.3 is 15.8 Å². The van der Waals surface area contributed by atoms with Crippen molar-refractivity contribution in [2.24, 2.45) is 5.73 Å². The van der Waals surface area contributed by atoms with E-state index in [9.17, 15) is 22.4 Å². The van der Waals surface area contributed by atoms with Gasteiger partial charge >= 0.3 is 6.18 Å². The maximum absolute atomic E-state index is 13.6. The number of carbonyl (C=O) groups excluding carboxylic acids is 1. The molecule has 0 radical (unpaired) electrons. The minimum absolute atomic E-state index is 0.135. The molecule has 0 saturated heterocycles. The molecule has 3 N–H and O–H groups in total. The lowest BCUT2D eigenvalue weighted by atomic mass is 10.1. The quantitative estimate of drug-likeness (QED) is 0.787. The molecule has 0 aromatic heterocycles. The second kappa shape index (κ2) is 7.26. The average Bonchev–Trinajstić information content (AvgIpc) is 2.33. The molecule has 0 aliphatic rings. The SMILES string of the molecule is CC(N)Cc1ccc(OCC(=O)NCC(F)(F)F)c(F)c1. The van der Waals surface area contributed by atoms with Crippen LogP contribution in [0, 0.1) is 5.82 Å². The van der Waals surface area contributed by atoms with Gasteiger partial charge in [-0.15, -0.1) is 0 Å². The minimum Gasteiger partial charge on any atom is -0.481 e. The number of nitrogens with two attached hydrogens (primary N) is 1. The number of halogens is 4. The summed E-state index contributed by atoms with van der Waals surface area (Å²) in [5, 5.41) is 1.62. The van der Waals surface area contributed by atoms with Crippen molar-refractivity contribution in [3.05, 3.63) is 29.6 Å². The lowest BCUT2D eigenvalue weighted by Gasteiger charge is -2.11. The van der Waals surface area contributed by atoms with E-state index in [0.29, 0.717) is 12.0 Å². The molecule has 118 valence electrons. The highest BCUT2D eigenvalue weighted by Gasteiger charge is 2.27. The summed E-state index contributed by atoms with van der Waals surface area (Å²) in [6.45, 7) is -0.377. The highest BCUT2D eigenvalue weighted by molar-refractivity contribution is 5.77. The Morgan fingerprint density at radius 3 is 2.62 bits per heavy atom. The van der Waals surface area contributed by atoms with Crippen molar-refractivity contribution in [3.8, 4) is 5.75 Å². The zero-order valence-electron chi connectivity index (χ0n) is 11.3. The van der Waals surface area contributed by atoms with Crippen LogP contribution in [-0.2, 0) is 11.2 Å². The topological polar surface area (TPSA) is 64.3 Å². The van der Waals surface area contributed by atoms with Gasteiger partial charge in [0.1, 0.15) is 6.54 Å². The standard InChI is InChI=1S/C13H16F4N2O2/c1-8(18)4-9-2-3-11(10(14)5-9)21-6-12(20)19-7-13(15,16)17/h2-3,5,8H,4,6-7,18H2,1H3,(H,19,20). The first-order valence-electron chi connectivity index (χ1n) is 6.17. The van der Waals surface area contributed by atoms with E-state index in [1.807, 2.05) is 0 Å². The third kappa shape index (κ3) is 6.94. The molecule has 0 aliphatic carbocycles. The van der Waals surface area contributed by atoms with E-state index in [4.69, 9.17) is 10.5 Å². The molecule has 8 heteroatoms. The van der Waals surface area contributed by atoms with Gasteiger partial charge in [-0.3, -0.25) is 4.79 Å². The first-order chi connectivity index (χ1) is 9.67. The van der Waals surface area contributed by atoms with Gasteiger partial charge in [-0.2, -0.15) is 13.2 Å². The number of alkyl halides is 3. The molecule has 0 fully saturated rings. The maximum Gasteiger partial charge on any atom is 0.405 e. The van der Waals surface area contributed by atoms with Gasteiger partial charge in [-0.05, 0) is 31.0 Å². The van der Waals surface area contributed by atoms with Gasteiger partial charge in [0.15, 0.2) is 18.2 Å². The van der Waals surface area contributed by atoms with Gasteiger partial charge in [0, 0.05) is 6.04 Å². The minimum atomic E-state index is -4.50. The normalized spacial score (nSPS) is 12.9. The zero-order valence-corrected chi connectivity index (χ0v) is 11.3. The summed E-state index contributed by atoms with van der Waals surface area (Å²) < 4.78 is 54.1. The highest BCUT2D eigenvalue weighted by atomic mass is 19.4. The molecule has 1 amide bonds. The van der Waals surface area contributed by atoms with Crippen LogP contribution in [0.5, 0.6) is 5.75 Å². The fourth-order valence-corrected chi connectivity index (χ4v) is 1.55. The van der Waals surface area contributed by atoms with Crippen molar-refractivity contribution in [1.29, 1.82) is 0 Å². The summed E-state index contributed by atoms with van der Waals surface area (Å²) in [6, 6.07) is 3.97. The second-order valence-electron chi connectivity index (χ2n) is 4.63. The predicted octanol–water partition coefficient (Wildman–Crippen LogP) is 1.77. The van der Waals surface area contributed by atoms with Crippen molar-refractivity contribution in [2.75, 3.05) is 13.2 Å². The molecule has 0 bridgehead atoms. The van der Waals surface area contributed by atoms with Crippen molar-refractivity contribution >= 4 is 5.91 Å². The largest absolute Gasteiger partial charge is 0.481 e. The number of hydrogen-bond donors (Lipinski definition) is 2. The number of rotatable bonds is 6. The van der Waals surface area contributed by atoms with Crippen LogP contribution in [0.4, 0.5) is 17.6 Å². The molecule has 1 atom stereocenters. The zero-order chi connectivity index (χ0) is 16.0. The van der Waals surface area contributed by atoms with E-state index >= 15 is 0 Å². The molecule has 4 nitrogen and oxygen atoms in total. The van der Waals surface area contributed by atoms with E-state index < -0.39 is 31.1 Å². The molecule has 1 rings (SSSR count). The van der Waals surface area contributed by atoms with Crippen LogP contribution in [0.2, 0.25) is 0 Å². The summed E-state index contributed by atoms with van der Waals surface area (Å²) >= 11 is 0. The Bertz CT molecular complexity index is 490. The number of benzene rings is 1. The number of hydrogen-bond acceptors (Lipinski definition) is 3. The van der Waals surface area contributed by atoms with Gasteiger partial charge in [-0.1, -0.05) is 6.07 Å². The summed E-state index contributed by atoms with van der Waals surface area (Å²) in [5.74, 6) is -1.88. The Hall–Kier alpha value is -1.83. The summed E-state index contributed by atoms with van der Waals surface area (Å²) in [4.78, 5) is 11.1. The first kappa shape index (κ1) is 17.2. The van der Waals surface area contributed by atoms with E-state index in [1.54, 1.807) is 18.3 Å². The second-order valence-corrected chi connectivity index (χ2v) is 4.63. The Morgan fingerprint density at radius 1 is 1.43 bits per heavy atom. The third-order valence-electron chi connectivity index (χ3n) is 2.40. The van der Waals surface area contributed by atoms with Gasteiger partial charge in [0.2, 0.25) is 0 Å². The molecular formula is C13H16F4N2O2. The first-order valence-corrected chi connectivity index (χ1v) is 6.17. The Labute approximate surface area is 119 Å². The Kier molecular flexibility index (Phi) is 5.95. The molecule has 0 saturated carbocycles. The van der Waals surface area contributed by atoms with Crippen LogP contribution in [0.1, 0.15) is 12.5 Å². The van der Waals surface area contributed by atoms with Crippen LogP contribution >= 0.6 is 0 Å². The van der Waals surface area contributed by atoms with Crippen LogP contribution in [-0.4, -0.2) is 31.3 Å². The van der Waals surface area contributed by atoms with Crippen LogP contribution < -0.4 is 15.8 Å². The van der Waals surface area contributed by atoms with Gasteiger partial charge in [0.05, 0.1) is 0 Å². The van der Waals surface area contributed by atoms with Crippen molar-refractivity contribution in [2.45, 2.75) is 25.6 Å². The number of nitrogens with one attached hydrogen (secondary N) is 1. The molecular weight excluding hydrogens is 292 g/mol. The predicted molar refractivity (Wildman–Crippen MR) is 68.3 cm³/mol. The highest BCUT2D eigenvalue weighted by Crippen LogP contribution is 2.19. The van der Waals surface area contributed by atoms with Crippen molar-refractivity contribution < 1.29 is 27.1 Å². The Balaban J connectivity index is 2.50. The molecule has 1 aromatic rings. The summed E-state index contributed by atoms with van der Waals surface area (Å²) in [5.41, 5.74) is 6.24. The molecule has 0 heterocycles. The lowest BCUT2D eigenvalue weighted by Crippen LogP contribution is -2.36. The maximum atomic E-state index is 13.6. The van der Waals surface area contributed by atoms with E-state index in [0.717, 1.165) is 0 Å². The monoisotopic (exact) mass is 308 g/mol. The lowest BCUT2D eigenvalue weighted by molar-refractivity contribution is -0.139. The Morgan fingerprint density at radius 2 is 2.10 bits per heavy atom. The fourth-order valence-electron chi connectivity index (χ4n) is 1.55. The molecule has 1 aromatic carbocycles. The number of carbonyl (C=O) groups is 1. The van der Waals surface area contributed by atoms with E-state index in [-0.39, 0.29) is 11.8 Å². The summed E-state index contributed by atoms with van der Waals surface area (Å²) in [7, 11) is 0. The fraction of sp³-hybridized carbons (Fsp3) is 0.462. The van der Waals surface area contributed by atoms with Gasteiger partial charge in [-0.25, -0.2) is 4.39 Å². The number of ether oxygens (including phenoxy) is 1. The summed E-state index contributed by atoms with van der Waals surface area (Å²) in [6.07, 6.45) is -4.02. The number of amides is 1. The average molecular weight is 308 g/mol. The van der Waals surface area contributed by atoms with E-state index in [1.165, 1.54) is 12.1 Å². The van der Waals surface area contributed by atoms with E-state index in [2.05, 4.69) is 0 Å². The third-order valence-corrected chi connectivity index (χ3v) is 2.40. The van der Waals surface area contributed by atoms with Crippen molar-refractivity contribution in [1.82, 2.24) is 5.32 Å². The van der Waals surface area contributed by atoms with Crippen LogP contribution in [0.3, 0.4) is 0 Å². The van der Waals surface area contributed by atoms with Crippen molar-refractivity contribution in [3.63, 3.8) is 0 Å². The molecule has 0 spiro atoms.